The Kier molecular flexibility index (Phi) is 3.89. The second-order valence-corrected chi connectivity index (χ2v) is 6.21. The zero-order chi connectivity index (χ0) is 14.1. The lowest BCUT2D eigenvalue weighted by atomic mass is 10.1. The van der Waals surface area contributed by atoms with Crippen molar-refractivity contribution in [3.63, 3.8) is 0 Å². The van der Waals surface area contributed by atoms with Gasteiger partial charge in [-0.05, 0) is 24.0 Å². The second-order valence-electron chi connectivity index (χ2n) is 4.75. The van der Waals surface area contributed by atoms with E-state index in [-0.39, 0.29) is 6.04 Å². The summed E-state index contributed by atoms with van der Waals surface area (Å²) in [4.78, 5) is 0. The zero-order valence-corrected chi connectivity index (χ0v) is 11.0. The van der Waals surface area contributed by atoms with Crippen LogP contribution in [0.2, 0.25) is 0 Å². The van der Waals surface area contributed by atoms with Crippen molar-refractivity contribution in [3.8, 4) is 0 Å². The molecule has 0 saturated heterocycles. The van der Waals surface area contributed by atoms with Gasteiger partial charge < -0.3 is 5.32 Å². The number of rotatable bonds is 5. The van der Waals surface area contributed by atoms with Crippen molar-refractivity contribution in [1.29, 1.82) is 0 Å². The Morgan fingerprint density at radius 2 is 2.05 bits per heavy atom. The van der Waals surface area contributed by atoms with E-state index in [0.29, 0.717) is 6.42 Å². The van der Waals surface area contributed by atoms with Gasteiger partial charge in [0.15, 0.2) is 0 Å². The molecule has 106 valence electrons. The normalized spacial score (nSPS) is 19.4. The molecule has 0 aliphatic heterocycles. The van der Waals surface area contributed by atoms with E-state index in [2.05, 4.69) is 5.32 Å². The number of alkyl halides is 2. The van der Waals surface area contributed by atoms with Crippen LogP contribution in [0.4, 0.5) is 8.78 Å². The molecule has 0 aromatic heterocycles. The van der Waals surface area contributed by atoms with Crippen LogP contribution in [0, 0.1) is 0 Å². The van der Waals surface area contributed by atoms with Gasteiger partial charge in [-0.2, -0.15) is 8.42 Å². The molecule has 0 bridgehead atoms. The molecule has 2 rings (SSSR count). The topological polar surface area (TPSA) is 66.4 Å². The molecular formula is C12H15F2NO3S. The highest BCUT2D eigenvalue weighted by molar-refractivity contribution is 7.85. The van der Waals surface area contributed by atoms with Gasteiger partial charge in [-0.25, -0.2) is 8.78 Å². The van der Waals surface area contributed by atoms with E-state index < -0.39 is 28.3 Å². The molecule has 1 atom stereocenters. The minimum atomic E-state index is -4.68. The fourth-order valence-corrected chi connectivity index (χ4v) is 3.00. The van der Waals surface area contributed by atoms with E-state index in [1.54, 1.807) is 0 Å². The third-order valence-electron chi connectivity index (χ3n) is 3.13. The van der Waals surface area contributed by atoms with Gasteiger partial charge in [0.05, 0.1) is 6.54 Å². The summed E-state index contributed by atoms with van der Waals surface area (Å²) in [5.74, 6) is -5.04. The SMILES string of the molecule is O=S(=O)(O)CC(F)(F)CNC1CCc2ccccc21. The van der Waals surface area contributed by atoms with Gasteiger partial charge in [0.2, 0.25) is 0 Å². The first-order chi connectivity index (χ1) is 8.77. The maximum Gasteiger partial charge on any atom is 0.276 e. The third kappa shape index (κ3) is 3.95. The minimum Gasteiger partial charge on any atom is -0.304 e. The van der Waals surface area contributed by atoms with Crippen molar-refractivity contribution in [2.45, 2.75) is 24.8 Å². The number of benzene rings is 1. The monoisotopic (exact) mass is 291 g/mol. The first kappa shape index (κ1) is 14.4. The predicted molar refractivity (Wildman–Crippen MR) is 66.9 cm³/mol. The fraction of sp³-hybridized carbons (Fsp3) is 0.500. The molecule has 4 nitrogen and oxygen atoms in total. The van der Waals surface area contributed by atoms with Crippen molar-refractivity contribution in [1.82, 2.24) is 5.32 Å². The molecule has 0 radical (unpaired) electrons. The van der Waals surface area contributed by atoms with Crippen LogP contribution in [0.3, 0.4) is 0 Å². The second kappa shape index (κ2) is 5.15. The van der Waals surface area contributed by atoms with E-state index in [9.17, 15) is 17.2 Å². The molecule has 1 aliphatic carbocycles. The lowest BCUT2D eigenvalue weighted by molar-refractivity contribution is 0.0221. The molecule has 0 spiro atoms. The highest BCUT2D eigenvalue weighted by Gasteiger charge is 2.36. The molecule has 0 fully saturated rings. The van der Waals surface area contributed by atoms with E-state index in [4.69, 9.17) is 4.55 Å². The number of hydrogen-bond donors (Lipinski definition) is 2. The summed E-state index contributed by atoms with van der Waals surface area (Å²) in [7, 11) is -4.68. The number of halogens is 2. The summed E-state index contributed by atoms with van der Waals surface area (Å²) in [6, 6.07) is 7.38. The van der Waals surface area contributed by atoms with Crippen molar-refractivity contribution in [2.75, 3.05) is 12.3 Å². The van der Waals surface area contributed by atoms with E-state index >= 15 is 0 Å². The summed E-state index contributed by atoms with van der Waals surface area (Å²) in [6.07, 6.45) is 1.53. The van der Waals surface area contributed by atoms with E-state index in [0.717, 1.165) is 17.5 Å². The van der Waals surface area contributed by atoms with E-state index in [1.807, 2.05) is 24.3 Å². The molecule has 1 unspecified atom stereocenters. The maximum atomic E-state index is 13.3. The number of aryl methyl sites for hydroxylation is 1. The van der Waals surface area contributed by atoms with Crippen molar-refractivity contribution >= 4 is 10.1 Å². The van der Waals surface area contributed by atoms with E-state index in [1.165, 1.54) is 0 Å². The lowest BCUT2D eigenvalue weighted by Gasteiger charge is -2.19. The van der Waals surface area contributed by atoms with Gasteiger partial charge in [0.25, 0.3) is 16.0 Å². The fourth-order valence-electron chi connectivity index (χ4n) is 2.36. The summed E-state index contributed by atoms with van der Waals surface area (Å²) in [5.41, 5.74) is 2.10. The molecule has 0 saturated carbocycles. The Hall–Kier alpha value is -1.05. The first-order valence-electron chi connectivity index (χ1n) is 5.91. The van der Waals surface area contributed by atoms with Crippen molar-refractivity contribution in [3.05, 3.63) is 35.4 Å². The molecule has 1 aromatic rings. The largest absolute Gasteiger partial charge is 0.304 e. The molecule has 1 aromatic carbocycles. The van der Waals surface area contributed by atoms with Crippen LogP contribution in [0.1, 0.15) is 23.6 Å². The predicted octanol–water partition coefficient (Wildman–Crippen LogP) is 1.79. The molecule has 2 N–H and O–H groups in total. The Labute approximate surface area is 110 Å². The molecule has 19 heavy (non-hydrogen) atoms. The highest BCUT2D eigenvalue weighted by Crippen LogP contribution is 2.31. The standard InChI is InChI=1S/C12H15F2NO3S/c13-12(14,8-19(16,17)18)7-15-11-6-5-9-3-1-2-4-10(9)11/h1-4,11,15H,5-8H2,(H,16,17,18). The Morgan fingerprint density at radius 1 is 1.37 bits per heavy atom. The number of fused-ring (bicyclic) bond motifs is 1. The van der Waals surface area contributed by atoms with Gasteiger partial charge in [-0.3, -0.25) is 4.55 Å². The van der Waals surface area contributed by atoms with Crippen LogP contribution in [-0.4, -0.2) is 31.2 Å². The van der Waals surface area contributed by atoms with Gasteiger partial charge in [-0.1, -0.05) is 24.3 Å². The molecule has 1 aliphatic rings. The van der Waals surface area contributed by atoms with Crippen LogP contribution < -0.4 is 5.32 Å². The summed E-state index contributed by atoms with van der Waals surface area (Å²) in [5, 5.41) is 2.68. The van der Waals surface area contributed by atoms with Crippen LogP contribution >= 0.6 is 0 Å². The first-order valence-corrected chi connectivity index (χ1v) is 7.52. The highest BCUT2D eigenvalue weighted by atomic mass is 32.2. The minimum absolute atomic E-state index is 0.191. The Morgan fingerprint density at radius 3 is 2.74 bits per heavy atom. The van der Waals surface area contributed by atoms with Gasteiger partial charge in [-0.15, -0.1) is 0 Å². The molecular weight excluding hydrogens is 276 g/mol. The average Bonchev–Trinajstić information content (AvgIpc) is 2.66. The summed E-state index contributed by atoms with van der Waals surface area (Å²) < 4.78 is 56.1. The van der Waals surface area contributed by atoms with Crippen molar-refractivity contribution in [2.24, 2.45) is 0 Å². The molecule has 0 amide bonds. The van der Waals surface area contributed by atoms with Gasteiger partial charge >= 0.3 is 0 Å². The van der Waals surface area contributed by atoms with Crippen molar-refractivity contribution < 1.29 is 21.8 Å². The Balaban J connectivity index is 1.97. The zero-order valence-electron chi connectivity index (χ0n) is 10.1. The van der Waals surface area contributed by atoms with Gasteiger partial charge in [0, 0.05) is 6.04 Å². The van der Waals surface area contributed by atoms with Gasteiger partial charge in [0.1, 0.15) is 5.75 Å². The maximum absolute atomic E-state index is 13.3. The smallest absolute Gasteiger partial charge is 0.276 e. The number of nitrogens with one attached hydrogen (secondary N) is 1. The third-order valence-corrected chi connectivity index (χ3v) is 3.92. The Bertz CT molecular complexity index is 560. The van der Waals surface area contributed by atoms with Crippen LogP contribution in [-0.2, 0) is 16.5 Å². The molecule has 0 heterocycles. The summed E-state index contributed by atoms with van der Waals surface area (Å²) >= 11 is 0. The number of hydrogen-bond acceptors (Lipinski definition) is 3. The molecule has 7 heteroatoms. The average molecular weight is 291 g/mol. The van der Waals surface area contributed by atoms with Crippen LogP contribution in [0.25, 0.3) is 0 Å². The quantitative estimate of drug-likeness (QED) is 0.812. The van der Waals surface area contributed by atoms with Crippen LogP contribution in [0.15, 0.2) is 24.3 Å². The van der Waals surface area contributed by atoms with Crippen LogP contribution in [0.5, 0.6) is 0 Å². The lowest BCUT2D eigenvalue weighted by Crippen LogP contribution is -2.39. The summed E-state index contributed by atoms with van der Waals surface area (Å²) in [6.45, 7) is -0.772.